The third-order valence-corrected chi connectivity index (χ3v) is 3.02. The number of nitrogen functional groups attached to an aromatic ring is 1. The molecule has 3 nitrogen and oxygen atoms in total. The highest BCUT2D eigenvalue weighted by molar-refractivity contribution is 5.70. The molecule has 0 saturated heterocycles. The van der Waals surface area contributed by atoms with Crippen molar-refractivity contribution in [3.8, 4) is 6.07 Å². The lowest BCUT2D eigenvalue weighted by atomic mass is 10.1. The quantitative estimate of drug-likeness (QED) is 0.816. The summed E-state index contributed by atoms with van der Waals surface area (Å²) in [6, 6.07) is 15.7. The van der Waals surface area contributed by atoms with Crippen molar-refractivity contribution in [2.24, 2.45) is 0 Å². The summed E-state index contributed by atoms with van der Waals surface area (Å²) >= 11 is 0. The SMILES string of the molecule is Cc1ccccc1N(C)c1ccc(N)c(C#N)c1. The van der Waals surface area contributed by atoms with E-state index in [1.54, 1.807) is 6.07 Å². The average molecular weight is 237 g/mol. The molecule has 0 aromatic heterocycles. The molecule has 0 aliphatic carbocycles. The normalized spacial score (nSPS) is 9.83. The fraction of sp³-hybridized carbons (Fsp3) is 0.133. The van der Waals surface area contributed by atoms with Crippen molar-refractivity contribution >= 4 is 17.1 Å². The Balaban J connectivity index is 2.44. The monoisotopic (exact) mass is 237 g/mol. The molecule has 2 aromatic carbocycles. The van der Waals surface area contributed by atoms with E-state index in [2.05, 4.69) is 30.0 Å². The van der Waals surface area contributed by atoms with Crippen molar-refractivity contribution in [1.82, 2.24) is 0 Å². The van der Waals surface area contributed by atoms with Crippen molar-refractivity contribution in [3.05, 3.63) is 53.6 Å². The second-order valence-corrected chi connectivity index (χ2v) is 4.23. The summed E-state index contributed by atoms with van der Waals surface area (Å²) < 4.78 is 0. The van der Waals surface area contributed by atoms with Gasteiger partial charge in [-0.25, -0.2) is 0 Å². The van der Waals surface area contributed by atoms with Crippen LogP contribution in [0.2, 0.25) is 0 Å². The summed E-state index contributed by atoms with van der Waals surface area (Å²) in [5.41, 5.74) is 10.0. The highest BCUT2D eigenvalue weighted by atomic mass is 15.1. The van der Waals surface area contributed by atoms with Gasteiger partial charge in [-0.1, -0.05) is 18.2 Å². The van der Waals surface area contributed by atoms with Crippen LogP contribution in [0.3, 0.4) is 0 Å². The van der Waals surface area contributed by atoms with E-state index < -0.39 is 0 Å². The van der Waals surface area contributed by atoms with Crippen molar-refractivity contribution in [1.29, 1.82) is 5.26 Å². The van der Waals surface area contributed by atoms with Gasteiger partial charge in [0.1, 0.15) is 6.07 Å². The minimum atomic E-state index is 0.507. The highest BCUT2D eigenvalue weighted by Crippen LogP contribution is 2.28. The minimum Gasteiger partial charge on any atom is -0.398 e. The molecule has 0 atom stereocenters. The molecule has 0 unspecified atom stereocenters. The second-order valence-electron chi connectivity index (χ2n) is 4.23. The predicted octanol–water partition coefficient (Wildman–Crippen LogP) is 3.22. The van der Waals surface area contributed by atoms with Crippen LogP contribution in [-0.2, 0) is 0 Å². The zero-order valence-corrected chi connectivity index (χ0v) is 10.5. The summed E-state index contributed by atoms with van der Waals surface area (Å²) in [5, 5.41) is 9.00. The lowest BCUT2D eigenvalue weighted by Gasteiger charge is -2.22. The third kappa shape index (κ3) is 2.14. The summed E-state index contributed by atoms with van der Waals surface area (Å²) in [7, 11) is 1.98. The van der Waals surface area contributed by atoms with Crippen LogP contribution in [-0.4, -0.2) is 7.05 Å². The number of benzene rings is 2. The summed E-state index contributed by atoms with van der Waals surface area (Å²) in [6.45, 7) is 2.06. The summed E-state index contributed by atoms with van der Waals surface area (Å²) in [5.74, 6) is 0. The van der Waals surface area contributed by atoms with Gasteiger partial charge in [0.15, 0.2) is 0 Å². The standard InChI is InChI=1S/C15H15N3/c1-11-5-3-4-6-15(11)18(2)13-7-8-14(17)12(9-13)10-16/h3-9H,17H2,1-2H3. The van der Waals surface area contributed by atoms with Gasteiger partial charge in [0.2, 0.25) is 0 Å². The Bertz CT molecular complexity index is 611. The van der Waals surface area contributed by atoms with E-state index in [9.17, 15) is 0 Å². The van der Waals surface area contributed by atoms with Gasteiger partial charge < -0.3 is 10.6 Å². The maximum atomic E-state index is 9.00. The molecular weight excluding hydrogens is 222 g/mol. The molecule has 0 saturated carbocycles. The van der Waals surface area contributed by atoms with Crippen molar-refractivity contribution in [2.45, 2.75) is 6.92 Å². The number of anilines is 3. The molecule has 0 spiro atoms. The van der Waals surface area contributed by atoms with Gasteiger partial charge in [-0.3, -0.25) is 0 Å². The molecular formula is C15H15N3. The molecule has 0 heterocycles. The number of rotatable bonds is 2. The molecule has 0 radical (unpaired) electrons. The molecule has 0 bridgehead atoms. The largest absolute Gasteiger partial charge is 0.398 e. The van der Waals surface area contributed by atoms with E-state index >= 15 is 0 Å². The van der Waals surface area contributed by atoms with Gasteiger partial charge in [0, 0.05) is 24.1 Å². The number of nitrogens with two attached hydrogens (primary N) is 1. The lowest BCUT2D eigenvalue weighted by Crippen LogP contribution is -2.11. The zero-order chi connectivity index (χ0) is 13.1. The number of hydrogen-bond donors (Lipinski definition) is 1. The topological polar surface area (TPSA) is 53.0 Å². The number of aryl methyl sites for hydroxylation is 1. The van der Waals surface area contributed by atoms with E-state index in [0.717, 1.165) is 11.4 Å². The van der Waals surface area contributed by atoms with E-state index in [0.29, 0.717) is 11.3 Å². The second kappa shape index (κ2) is 4.80. The summed E-state index contributed by atoms with van der Waals surface area (Å²) in [4.78, 5) is 2.05. The molecule has 0 aliphatic heterocycles. The fourth-order valence-corrected chi connectivity index (χ4v) is 1.93. The Hall–Kier alpha value is -2.47. The first-order valence-electron chi connectivity index (χ1n) is 5.72. The number of nitriles is 1. The molecule has 3 heteroatoms. The van der Waals surface area contributed by atoms with Crippen LogP contribution in [0.1, 0.15) is 11.1 Å². The van der Waals surface area contributed by atoms with E-state index in [4.69, 9.17) is 11.0 Å². The van der Waals surface area contributed by atoms with Crippen LogP contribution in [0.25, 0.3) is 0 Å². The molecule has 18 heavy (non-hydrogen) atoms. The lowest BCUT2D eigenvalue weighted by molar-refractivity contribution is 1.18. The van der Waals surface area contributed by atoms with Crippen LogP contribution in [0, 0.1) is 18.3 Å². The summed E-state index contributed by atoms with van der Waals surface area (Å²) in [6.07, 6.45) is 0. The van der Waals surface area contributed by atoms with Crippen molar-refractivity contribution in [3.63, 3.8) is 0 Å². The maximum absolute atomic E-state index is 9.00. The Morgan fingerprint density at radius 2 is 1.89 bits per heavy atom. The Labute approximate surface area is 107 Å². The van der Waals surface area contributed by atoms with Gasteiger partial charge >= 0.3 is 0 Å². The molecule has 0 amide bonds. The molecule has 2 rings (SSSR count). The van der Waals surface area contributed by atoms with Crippen LogP contribution < -0.4 is 10.6 Å². The zero-order valence-electron chi connectivity index (χ0n) is 10.5. The van der Waals surface area contributed by atoms with Crippen molar-refractivity contribution < 1.29 is 0 Å². The van der Waals surface area contributed by atoms with Gasteiger partial charge in [-0.2, -0.15) is 5.26 Å². The predicted molar refractivity (Wildman–Crippen MR) is 74.8 cm³/mol. The molecule has 2 N–H and O–H groups in total. The van der Waals surface area contributed by atoms with Gasteiger partial charge in [-0.05, 0) is 36.8 Å². The molecule has 90 valence electrons. The van der Waals surface area contributed by atoms with Crippen LogP contribution in [0.15, 0.2) is 42.5 Å². The van der Waals surface area contributed by atoms with Crippen LogP contribution >= 0.6 is 0 Å². The maximum Gasteiger partial charge on any atom is 0.101 e. The number of nitrogens with zero attached hydrogens (tertiary/aromatic N) is 2. The Morgan fingerprint density at radius 3 is 2.56 bits per heavy atom. The first-order valence-corrected chi connectivity index (χ1v) is 5.72. The highest BCUT2D eigenvalue weighted by Gasteiger charge is 2.08. The van der Waals surface area contributed by atoms with Crippen LogP contribution in [0.5, 0.6) is 0 Å². The first kappa shape index (κ1) is 12.0. The molecule has 0 aliphatic rings. The van der Waals surface area contributed by atoms with E-state index in [-0.39, 0.29) is 0 Å². The smallest absolute Gasteiger partial charge is 0.101 e. The van der Waals surface area contributed by atoms with Gasteiger partial charge in [-0.15, -0.1) is 0 Å². The third-order valence-electron chi connectivity index (χ3n) is 3.02. The van der Waals surface area contributed by atoms with Crippen LogP contribution in [0.4, 0.5) is 17.1 Å². The first-order chi connectivity index (χ1) is 8.63. The van der Waals surface area contributed by atoms with E-state index in [1.165, 1.54) is 5.56 Å². The molecule has 2 aromatic rings. The average Bonchev–Trinajstić information content (AvgIpc) is 2.39. The number of hydrogen-bond acceptors (Lipinski definition) is 3. The van der Waals surface area contributed by atoms with Crippen molar-refractivity contribution in [2.75, 3.05) is 17.7 Å². The minimum absolute atomic E-state index is 0.507. The Kier molecular flexibility index (Phi) is 3.20. The van der Waals surface area contributed by atoms with Gasteiger partial charge in [0.25, 0.3) is 0 Å². The molecule has 0 fully saturated rings. The fourth-order valence-electron chi connectivity index (χ4n) is 1.93. The van der Waals surface area contributed by atoms with Gasteiger partial charge in [0.05, 0.1) is 5.56 Å². The van der Waals surface area contributed by atoms with E-state index in [1.807, 2.05) is 31.3 Å². The number of para-hydroxylation sites is 1. The Morgan fingerprint density at radius 1 is 1.17 bits per heavy atom.